The fourth-order valence-electron chi connectivity index (χ4n) is 3.30. The topological polar surface area (TPSA) is 84.5 Å². The van der Waals surface area contributed by atoms with Gasteiger partial charge in [0.1, 0.15) is 6.04 Å². The van der Waals surface area contributed by atoms with Crippen LogP contribution in [0.5, 0.6) is 0 Å². The number of hydrogen-bond acceptors (Lipinski definition) is 4. The van der Waals surface area contributed by atoms with Gasteiger partial charge in [0.15, 0.2) is 6.23 Å². The van der Waals surface area contributed by atoms with Gasteiger partial charge in [-0.1, -0.05) is 78.9 Å². The maximum absolute atomic E-state index is 13.2. The summed E-state index contributed by atoms with van der Waals surface area (Å²) < 4.78 is 5.33. The van der Waals surface area contributed by atoms with Crippen LogP contribution < -0.4 is 10.6 Å². The summed E-state index contributed by atoms with van der Waals surface area (Å²) >= 11 is 0. The number of benzene rings is 3. The Balaban J connectivity index is 1.77. The lowest BCUT2D eigenvalue weighted by Crippen LogP contribution is -2.52. The standard InChI is InChI=1S/C26H26N2O4/c1-19(29)32-24(18-21-13-7-3-8-14-21)28-26(31)23(17-20-11-5-2-6-12-20)27-25(30)22-15-9-4-10-16-22/h2-16,23-24H,17-18H2,1H3,(H,27,30)(H,28,31)/t23-,24+/m0/s1. The van der Waals surface area contributed by atoms with E-state index in [1.807, 2.05) is 66.7 Å². The molecule has 0 fully saturated rings. The first-order chi connectivity index (χ1) is 15.5. The molecule has 2 amide bonds. The van der Waals surface area contributed by atoms with Gasteiger partial charge in [0.2, 0.25) is 5.91 Å². The molecule has 0 bridgehead atoms. The Kier molecular flexibility index (Phi) is 8.15. The van der Waals surface area contributed by atoms with Crippen LogP contribution in [0.2, 0.25) is 0 Å². The van der Waals surface area contributed by atoms with Crippen LogP contribution in [0.15, 0.2) is 91.0 Å². The zero-order valence-electron chi connectivity index (χ0n) is 17.9. The minimum atomic E-state index is -0.852. The summed E-state index contributed by atoms with van der Waals surface area (Å²) in [6.45, 7) is 1.29. The molecule has 0 aliphatic rings. The Morgan fingerprint density at radius 2 is 1.22 bits per heavy atom. The van der Waals surface area contributed by atoms with Crippen molar-refractivity contribution >= 4 is 17.8 Å². The molecule has 3 aromatic rings. The van der Waals surface area contributed by atoms with E-state index in [1.165, 1.54) is 6.92 Å². The Morgan fingerprint density at radius 1 is 0.719 bits per heavy atom. The highest BCUT2D eigenvalue weighted by atomic mass is 16.6. The Morgan fingerprint density at radius 3 is 1.75 bits per heavy atom. The molecule has 6 nitrogen and oxygen atoms in total. The minimum absolute atomic E-state index is 0.295. The first kappa shape index (κ1) is 22.7. The molecular weight excluding hydrogens is 404 g/mol. The van der Waals surface area contributed by atoms with Crippen LogP contribution in [0.3, 0.4) is 0 Å². The maximum atomic E-state index is 13.2. The molecular formula is C26H26N2O4. The van der Waals surface area contributed by atoms with Crippen LogP contribution in [0.1, 0.15) is 28.4 Å². The molecule has 0 radical (unpaired) electrons. The molecule has 0 aromatic heterocycles. The molecule has 0 unspecified atom stereocenters. The molecule has 164 valence electrons. The molecule has 0 saturated heterocycles. The van der Waals surface area contributed by atoms with Crippen LogP contribution in [0, 0.1) is 0 Å². The predicted octanol–water partition coefficient (Wildman–Crippen LogP) is 3.28. The van der Waals surface area contributed by atoms with E-state index < -0.39 is 24.1 Å². The number of esters is 1. The molecule has 6 heteroatoms. The third-order valence-electron chi connectivity index (χ3n) is 4.82. The number of nitrogens with one attached hydrogen (secondary N) is 2. The maximum Gasteiger partial charge on any atom is 0.304 e. The molecule has 3 rings (SSSR count). The van der Waals surface area contributed by atoms with E-state index in [2.05, 4.69) is 10.6 Å². The summed E-state index contributed by atoms with van der Waals surface area (Å²) in [5.41, 5.74) is 2.26. The lowest BCUT2D eigenvalue weighted by atomic mass is 10.0. The summed E-state index contributed by atoms with van der Waals surface area (Å²) in [4.78, 5) is 37.5. The van der Waals surface area contributed by atoms with Gasteiger partial charge in [-0.15, -0.1) is 0 Å². The van der Waals surface area contributed by atoms with E-state index in [9.17, 15) is 14.4 Å². The van der Waals surface area contributed by atoms with Crippen LogP contribution >= 0.6 is 0 Å². The summed E-state index contributed by atoms with van der Waals surface area (Å²) in [6.07, 6.45) is -0.241. The molecule has 2 N–H and O–H groups in total. The summed E-state index contributed by atoms with van der Waals surface area (Å²) in [5.74, 6) is -1.28. The second-order valence-electron chi connectivity index (χ2n) is 7.38. The largest absolute Gasteiger partial charge is 0.442 e. The smallest absolute Gasteiger partial charge is 0.304 e. The third kappa shape index (κ3) is 7.09. The van der Waals surface area contributed by atoms with Crippen LogP contribution in [-0.2, 0) is 27.2 Å². The van der Waals surface area contributed by atoms with Crippen molar-refractivity contribution < 1.29 is 19.1 Å². The summed E-state index contributed by atoms with van der Waals surface area (Å²) in [5, 5.41) is 5.59. The monoisotopic (exact) mass is 430 g/mol. The number of rotatable bonds is 9. The second kappa shape index (κ2) is 11.5. The van der Waals surface area contributed by atoms with Gasteiger partial charge in [-0.25, -0.2) is 0 Å². The molecule has 32 heavy (non-hydrogen) atoms. The van der Waals surface area contributed by atoms with Gasteiger partial charge in [0.25, 0.3) is 5.91 Å². The zero-order chi connectivity index (χ0) is 22.8. The molecule has 0 saturated carbocycles. The van der Waals surface area contributed by atoms with Crippen molar-refractivity contribution in [3.63, 3.8) is 0 Å². The van der Waals surface area contributed by atoms with Gasteiger partial charge in [-0.2, -0.15) is 0 Å². The van der Waals surface area contributed by atoms with Crippen LogP contribution in [-0.4, -0.2) is 30.1 Å². The molecule has 0 aliphatic heterocycles. The van der Waals surface area contributed by atoms with E-state index >= 15 is 0 Å². The molecule has 0 heterocycles. The first-order valence-electron chi connectivity index (χ1n) is 10.4. The SMILES string of the molecule is CC(=O)O[C@H](Cc1ccccc1)NC(=O)[C@H](Cc1ccccc1)NC(=O)c1ccccc1. The second-order valence-corrected chi connectivity index (χ2v) is 7.38. The molecule has 0 spiro atoms. The van der Waals surface area contributed by atoms with Crippen molar-refractivity contribution in [1.82, 2.24) is 10.6 Å². The third-order valence-corrected chi connectivity index (χ3v) is 4.82. The Bertz CT molecular complexity index is 1020. The Labute approximate surface area is 187 Å². The lowest BCUT2D eigenvalue weighted by molar-refractivity contribution is -0.149. The molecule has 3 aromatic carbocycles. The lowest BCUT2D eigenvalue weighted by Gasteiger charge is -2.23. The van der Waals surface area contributed by atoms with Gasteiger partial charge in [-0.3, -0.25) is 14.4 Å². The predicted molar refractivity (Wildman–Crippen MR) is 122 cm³/mol. The number of carbonyl (C=O) groups excluding carboxylic acids is 3. The molecule has 0 aliphatic carbocycles. The van der Waals surface area contributed by atoms with Crippen molar-refractivity contribution in [2.24, 2.45) is 0 Å². The van der Waals surface area contributed by atoms with Gasteiger partial charge in [-0.05, 0) is 23.3 Å². The highest BCUT2D eigenvalue weighted by molar-refractivity contribution is 5.97. The highest BCUT2D eigenvalue weighted by Gasteiger charge is 2.25. The number of hydrogen-bond donors (Lipinski definition) is 2. The normalized spacial score (nSPS) is 12.3. The molecule has 2 atom stereocenters. The van der Waals surface area contributed by atoms with E-state index in [4.69, 9.17) is 4.74 Å². The number of carbonyl (C=O) groups is 3. The van der Waals surface area contributed by atoms with Gasteiger partial charge in [0.05, 0.1) is 0 Å². The summed E-state index contributed by atoms with van der Waals surface area (Å²) in [6, 6.07) is 26.7. The van der Waals surface area contributed by atoms with E-state index in [-0.39, 0.29) is 5.91 Å². The summed E-state index contributed by atoms with van der Waals surface area (Å²) in [7, 11) is 0. The zero-order valence-corrected chi connectivity index (χ0v) is 17.9. The van der Waals surface area contributed by atoms with Crippen molar-refractivity contribution in [3.8, 4) is 0 Å². The van der Waals surface area contributed by atoms with Gasteiger partial charge >= 0.3 is 5.97 Å². The van der Waals surface area contributed by atoms with Crippen molar-refractivity contribution in [3.05, 3.63) is 108 Å². The van der Waals surface area contributed by atoms with Crippen LogP contribution in [0.25, 0.3) is 0 Å². The highest BCUT2D eigenvalue weighted by Crippen LogP contribution is 2.09. The van der Waals surface area contributed by atoms with E-state index in [0.717, 1.165) is 11.1 Å². The Hall–Kier alpha value is -3.93. The average molecular weight is 431 g/mol. The minimum Gasteiger partial charge on any atom is -0.442 e. The fraction of sp³-hybridized carbons (Fsp3) is 0.192. The van der Waals surface area contributed by atoms with Gasteiger partial charge in [0, 0.05) is 25.3 Å². The van der Waals surface area contributed by atoms with E-state index in [1.54, 1.807) is 24.3 Å². The van der Waals surface area contributed by atoms with Crippen molar-refractivity contribution in [2.45, 2.75) is 32.0 Å². The number of amides is 2. The van der Waals surface area contributed by atoms with E-state index in [0.29, 0.717) is 18.4 Å². The average Bonchev–Trinajstić information content (AvgIpc) is 2.80. The number of ether oxygens (including phenoxy) is 1. The van der Waals surface area contributed by atoms with Gasteiger partial charge < -0.3 is 15.4 Å². The fourth-order valence-corrected chi connectivity index (χ4v) is 3.30. The van der Waals surface area contributed by atoms with Crippen molar-refractivity contribution in [1.29, 1.82) is 0 Å². The van der Waals surface area contributed by atoms with Crippen molar-refractivity contribution in [2.75, 3.05) is 0 Å². The quantitative estimate of drug-likeness (QED) is 0.403. The first-order valence-corrected chi connectivity index (χ1v) is 10.4. The van der Waals surface area contributed by atoms with Crippen LogP contribution in [0.4, 0.5) is 0 Å².